The topological polar surface area (TPSA) is 50.5 Å². The molecule has 0 fully saturated rings. The summed E-state index contributed by atoms with van der Waals surface area (Å²) in [5.41, 5.74) is 3.26. The van der Waals surface area contributed by atoms with Crippen molar-refractivity contribution in [2.24, 2.45) is 5.92 Å². The Hall–Kier alpha value is -2.05. The molecule has 0 N–H and O–H groups in total. The molecule has 6 heteroatoms. The van der Waals surface area contributed by atoms with E-state index in [9.17, 15) is 4.79 Å². The summed E-state index contributed by atoms with van der Waals surface area (Å²) in [6, 6.07) is 10.2. The van der Waals surface area contributed by atoms with Gasteiger partial charge >= 0.3 is 0 Å². The van der Waals surface area contributed by atoms with E-state index in [1.165, 1.54) is 27.0 Å². The summed E-state index contributed by atoms with van der Waals surface area (Å²) in [4.78, 5) is 20.1. The van der Waals surface area contributed by atoms with Gasteiger partial charge in [0, 0.05) is 25.7 Å². The lowest BCUT2D eigenvalue weighted by molar-refractivity contribution is 0.225. The van der Waals surface area contributed by atoms with Crippen LogP contribution < -0.4 is 5.56 Å². The fourth-order valence-corrected chi connectivity index (χ4v) is 3.86. The van der Waals surface area contributed by atoms with Crippen molar-refractivity contribution in [3.8, 4) is 0 Å². The van der Waals surface area contributed by atoms with Gasteiger partial charge in [0.05, 0.1) is 5.69 Å². The Kier molecular flexibility index (Phi) is 5.84. The monoisotopic (exact) mass is 370 g/mol. The number of nitrogens with zero attached hydrogens (tertiary/aromatic N) is 4. The van der Waals surface area contributed by atoms with E-state index in [0.29, 0.717) is 17.4 Å². The van der Waals surface area contributed by atoms with E-state index < -0.39 is 0 Å². The molecule has 0 amide bonds. The smallest absolute Gasteiger partial charge is 0.275 e. The van der Waals surface area contributed by atoms with E-state index in [2.05, 4.69) is 60.0 Å². The molecule has 0 spiro atoms. The Labute approximate surface area is 158 Å². The molecule has 0 atom stereocenters. The molecule has 1 aromatic carbocycles. The molecule has 0 aliphatic carbocycles. The molecule has 138 valence electrons. The molecule has 0 saturated heterocycles. The Morgan fingerprint density at radius 1 is 1.19 bits per heavy atom. The van der Waals surface area contributed by atoms with Crippen LogP contribution in [0.4, 0.5) is 0 Å². The molecule has 3 aromatic rings. The lowest BCUT2D eigenvalue weighted by Crippen LogP contribution is -2.28. The van der Waals surface area contributed by atoms with Crippen LogP contribution in [-0.2, 0) is 19.5 Å². The number of aromatic nitrogens is 3. The van der Waals surface area contributed by atoms with Gasteiger partial charge in [-0.3, -0.25) is 9.69 Å². The summed E-state index contributed by atoms with van der Waals surface area (Å²) < 4.78 is 1.42. The fraction of sp³-hybridized carbons (Fsp3) is 0.450. The van der Waals surface area contributed by atoms with Gasteiger partial charge in [-0.25, -0.2) is 4.98 Å². The van der Waals surface area contributed by atoms with Crippen molar-refractivity contribution < 1.29 is 0 Å². The summed E-state index contributed by atoms with van der Waals surface area (Å²) in [7, 11) is 0. The SMILES string of the molecule is CCc1nn2c(=O)cc(CN(Cc3ccc(C)cc3)CC(C)C)nc2s1. The van der Waals surface area contributed by atoms with Gasteiger partial charge in [-0.1, -0.05) is 61.9 Å². The first-order chi connectivity index (χ1) is 12.4. The van der Waals surface area contributed by atoms with E-state index in [4.69, 9.17) is 0 Å². The molecule has 5 nitrogen and oxygen atoms in total. The van der Waals surface area contributed by atoms with Crippen LogP contribution >= 0.6 is 11.3 Å². The zero-order valence-corrected chi connectivity index (χ0v) is 16.7. The highest BCUT2D eigenvalue weighted by molar-refractivity contribution is 7.16. The molecule has 3 rings (SSSR count). The molecule has 26 heavy (non-hydrogen) atoms. The molecule has 0 radical (unpaired) electrons. The van der Waals surface area contributed by atoms with E-state index in [1.54, 1.807) is 6.07 Å². The number of hydrogen-bond acceptors (Lipinski definition) is 5. The number of fused-ring (bicyclic) bond motifs is 1. The Morgan fingerprint density at radius 3 is 2.58 bits per heavy atom. The number of benzene rings is 1. The zero-order valence-electron chi connectivity index (χ0n) is 15.9. The predicted octanol–water partition coefficient (Wildman–Crippen LogP) is 3.68. The van der Waals surface area contributed by atoms with Crippen LogP contribution in [0.25, 0.3) is 4.96 Å². The van der Waals surface area contributed by atoms with Crippen LogP contribution in [0.5, 0.6) is 0 Å². The lowest BCUT2D eigenvalue weighted by Gasteiger charge is -2.24. The summed E-state index contributed by atoms with van der Waals surface area (Å²) in [6.07, 6.45) is 0.815. The van der Waals surface area contributed by atoms with Gasteiger partial charge in [-0.05, 0) is 24.8 Å². The summed E-state index contributed by atoms with van der Waals surface area (Å²) >= 11 is 1.49. The maximum absolute atomic E-state index is 12.4. The minimum absolute atomic E-state index is 0.0965. The predicted molar refractivity (Wildman–Crippen MR) is 107 cm³/mol. The molecular weight excluding hydrogens is 344 g/mol. The van der Waals surface area contributed by atoms with Gasteiger partial charge in [0.2, 0.25) is 4.96 Å². The maximum atomic E-state index is 12.4. The molecule has 0 aliphatic heterocycles. The van der Waals surface area contributed by atoms with Crippen LogP contribution in [0.3, 0.4) is 0 Å². The summed E-state index contributed by atoms with van der Waals surface area (Å²) in [5, 5.41) is 5.26. The Bertz CT molecular complexity index is 927. The van der Waals surface area contributed by atoms with Crippen LogP contribution in [0.1, 0.15) is 42.6 Å². The van der Waals surface area contributed by atoms with Crippen molar-refractivity contribution >= 4 is 16.3 Å². The molecular formula is C20H26N4OS. The second-order valence-corrected chi connectivity index (χ2v) is 8.22. The second-order valence-electron chi connectivity index (χ2n) is 7.18. The quantitative estimate of drug-likeness (QED) is 0.637. The van der Waals surface area contributed by atoms with Gasteiger partial charge in [0.15, 0.2) is 0 Å². The molecule has 0 unspecified atom stereocenters. The first kappa shape index (κ1) is 18.7. The van der Waals surface area contributed by atoms with Crippen LogP contribution in [0.2, 0.25) is 0 Å². The zero-order chi connectivity index (χ0) is 18.7. The van der Waals surface area contributed by atoms with E-state index >= 15 is 0 Å². The minimum atomic E-state index is -0.0965. The van der Waals surface area contributed by atoms with Crippen molar-refractivity contribution in [2.45, 2.75) is 47.2 Å². The number of hydrogen-bond donors (Lipinski definition) is 0. The minimum Gasteiger partial charge on any atom is -0.293 e. The largest absolute Gasteiger partial charge is 0.293 e. The average molecular weight is 371 g/mol. The highest BCUT2D eigenvalue weighted by atomic mass is 32.1. The third-order valence-electron chi connectivity index (χ3n) is 4.18. The molecule has 2 aromatic heterocycles. The van der Waals surface area contributed by atoms with E-state index in [1.807, 2.05) is 6.92 Å². The summed E-state index contributed by atoms with van der Waals surface area (Å²) in [6.45, 7) is 11.0. The Balaban J connectivity index is 1.84. The third-order valence-corrected chi connectivity index (χ3v) is 5.23. The molecule has 0 bridgehead atoms. The third kappa shape index (κ3) is 4.56. The van der Waals surface area contributed by atoms with Crippen molar-refractivity contribution in [2.75, 3.05) is 6.54 Å². The van der Waals surface area contributed by atoms with Crippen LogP contribution in [0, 0.1) is 12.8 Å². The lowest BCUT2D eigenvalue weighted by atomic mass is 10.1. The van der Waals surface area contributed by atoms with Gasteiger partial charge in [0.1, 0.15) is 5.01 Å². The molecule has 0 aliphatic rings. The second kappa shape index (κ2) is 8.10. The van der Waals surface area contributed by atoms with Crippen molar-refractivity contribution in [3.63, 3.8) is 0 Å². The highest BCUT2D eigenvalue weighted by Crippen LogP contribution is 2.15. The molecule has 0 saturated carbocycles. The van der Waals surface area contributed by atoms with Crippen molar-refractivity contribution in [1.82, 2.24) is 19.5 Å². The van der Waals surface area contributed by atoms with Gasteiger partial charge < -0.3 is 0 Å². The molecule has 2 heterocycles. The van der Waals surface area contributed by atoms with Crippen molar-refractivity contribution in [1.29, 1.82) is 0 Å². The van der Waals surface area contributed by atoms with Crippen LogP contribution in [0.15, 0.2) is 35.1 Å². The Morgan fingerprint density at radius 2 is 1.92 bits per heavy atom. The van der Waals surface area contributed by atoms with Gasteiger partial charge in [0.25, 0.3) is 5.56 Å². The van der Waals surface area contributed by atoms with Gasteiger partial charge in [-0.2, -0.15) is 9.61 Å². The van der Waals surface area contributed by atoms with Crippen LogP contribution in [-0.4, -0.2) is 26.0 Å². The number of aryl methyl sites for hydroxylation is 2. The average Bonchev–Trinajstić information content (AvgIpc) is 3.00. The standard InChI is InChI=1S/C20H26N4OS/c1-5-18-22-24-19(25)10-17(21-20(24)26-18)13-23(11-14(2)3)12-16-8-6-15(4)7-9-16/h6-10,14H,5,11-13H2,1-4H3. The highest BCUT2D eigenvalue weighted by Gasteiger charge is 2.13. The van der Waals surface area contributed by atoms with Gasteiger partial charge in [-0.15, -0.1) is 0 Å². The summed E-state index contributed by atoms with van der Waals surface area (Å²) in [5.74, 6) is 0.542. The van der Waals surface area contributed by atoms with E-state index in [0.717, 1.165) is 30.2 Å². The van der Waals surface area contributed by atoms with Crippen molar-refractivity contribution in [3.05, 3.63) is 62.5 Å². The maximum Gasteiger partial charge on any atom is 0.275 e. The van der Waals surface area contributed by atoms with E-state index in [-0.39, 0.29) is 5.56 Å². The fourth-order valence-electron chi connectivity index (χ4n) is 3.00. The normalized spacial score (nSPS) is 11.8. The first-order valence-corrected chi connectivity index (χ1v) is 9.93. The number of rotatable bonds is 7. The first-order valence-electron chi connectivity index (χ1n) is 9.11.